The summed E-state index contributed by atoms with van der Waals surface area (Å²) in [6.07, 6.45) is 11.3. The summed E-state index contributed by atoms with van der Waals surface area (Å²) in [4.78, 5) is 0. The molecule has 15 heavy (non-hydrogen) atoms. The first-order valence-electron chi connectivity index (χ1n) is 5.76. The number of hydrogen-bond donors (Lipinski definition) is 1. The standard InChI is InChI=1S/C12H16N2O/c1-2-11-8-9(12(3-1)13-11)4-5-10-6-7-15-14-10/h4-7,9,11-13H,1-3,8H2/b5-4+. The summed E-state index contributed by atoms with van der Waals surface area (Å²) >= 11 is 0. The molecule has 2 aliphatic rings. The first kappa shape index (κ1) is 9.16. The van der Waals surface area contributed by atoms with Gasteiger partial charge in [-0.2, -0.15) is 0 Å². The predicted molar refractivity (Wildman–Crippen MR) is 58.2 cm³/mol. The lowest BCUT2D eigenvalue weighted by atomic mass is 9.98. The van der Waals surface area contributed by atoms with Crippen molar-refractivity contribution >= 4 is 6.08 Å². The Morgan fingerprint density at radius 1 is 1.47 bits per heavy atom. The molecule has 0 aliphatic carbocycles. The van der Waals surface area contributed by atoms with Crippen LogP contribution in [0.1, 0.15) is 31.4 Å². The third-order valence-corrected chi connectivity index (χ3v) is 3.56. The van der Waals surface area contributed by atoms with Crippen LogP contribution in [0.15, 0.2) is 22.9 Å². The highest BCUT2D eigenvalue weighted by molar-refractivity contribution is 5.43. The van der Waals surface area contributed by atoms with Crippen molar-refractivity contribution in [1.29, 1.82) is 0 Å². The van der Waals surface area contributed by atoms with Crippen molar-refractivity contribution in [3.8, 4) is 0 Å². The fourth-order valence-electron chi connectivity index (χ4n) is 2.81. The molecule has 3 nitrogen and oxygen atoms in total. The van der Waals surface area contributed by atoms with Gasteiger partial charge in [0.1, 0.15) is 12.0 Å². The van der Waals surface area contributed by atoms with Gasteiger partial charge in [-0.1, -0.05) is 17.7 Å². The van der Waals surface area contributed by atoms with E-state index in [-0.39, 0.29) is 0 Å². The summed E-state index contributed by atoms with van der Waals surface area (Å²) in [5.74, 6) is 0.689. The molecular formula is C12H16N2O. The minimum atomic E-state index is 0.689. The molecule has 1 N–H and O–H groups in total. The fourth-order valence-corrected chi connectivity index (χ4v) is 2.81. The van der Waals surface area contributed by atoms with Crippen LogP contribution in [0, 0.1) is 5.92 Å². The normalized spacial score (nSPS) is 35.1. The van der Waals surface area contributed by atoms with E-state index in [1.807, 2.05) is 6.07 Å². The Morgan fingerprint density at radius 2 is 2.47 bits per heavy atom. The van der Waals surface area contributed by atoms with Crippen LogP contribution in [0.25, 0.3) is 6.08 Å². The minimum absolute atomic E-state index is 0.689. The molecule has 0 amide bonds. The van der Waals surface area contributed by atoms with Gasteiger partial charge in [-0.15, -0.1) is 0 Å². The monoisotopic (exact) mass is 204 g/mol. The van der Waals surface area contributed by atoms with Gasteiger partial charge in [-0.3, -0.25) is 0 Å². The van der Waals surface area contributed by atoms with Crippen molar-refractivity contribution in [1.82, 2.24) is 10.5 Å². The molecule has 80 valence electrons. The zero-order valence-corrected chi connectivity index (χ0v) is 8.73. The van der Waals surface area contributed by atoms with Gasteiger partial charge in [0, 0.05) is 18.2 Å². The molecule has 0 radical (unpaired) electrons. The smallest absolute Gasteiger partial charge is 0.124 e. The molecule has 2 fully saturated rings. The topological polar surface area (TPSA) is 38.1 Å². The van der Waals surface area contributed by atoms with Crippen LogP contribution in [-0.4, -0.2) is 17.2 Å². The molecule has 2 aliphatic heterocycles. The Bertz CT molecular complexity index is 345. The van der Waals surface area contributed by atoms with Crippen molar-refractivity contribution < 1.29 is 4.52 Å². The lowest BCUT2D eigenvalue weighted by Gasteiger charge is -2.21. The van der Waals surface area contributed by atoms with Crippen LogP contribution < -0.4 is 5.32 Å². The van der Waals surface area contributed by atoms with E-state index in [0.29, 0.717) is 12.0 Å². The molecule has 3 rings (SSSR count). The SMILES string of the molecule is C(=C\C1CC2CCCC1N2)/c1ccon1. The van der Waals surface area contributed by atoms with E-state index in [2.05, 4.69) is 22.6 Å². The Hall–Kier alpha value is -1.09. The molecule has 2 bridgehead atoms. The van der Waals surface area contributed by atoms with Gasteiger partial charge in [0.15, 0.2) is 0 Å². The molecule has 0 saturated carbocycles. The van der Waals surface area contributed by atoms with Gasteiger partial charge >= 0.3 is 0 Å². The van der Waals surface area contributed by atoms with Gasteiger partial charge in [0.25, 0.3) is 0 Å². The number of hydrogen-bond acceptors (Lipinski definition) is 3. The van der Waals surface area contributed by atoms with Gasteiger partial charge in [-0.25, -0.2) is 0 Å². The summed E-state index contributed by atoms with van der Waals surface area (Å²) in [6.45, 7) is 0. The maximum absolute atomic E-state index is 4.80. The first-order valence-corrected chi connectivity index (χ1v) is 5.76. The number of aromatic nitrogens is 1. The summed E-state index contributed by atoms with van der Waals surface area (Å²) in [5.41, 5.74) is 0.927. The molecule has 3 atom stereocenters. The largest absolute Gasteiger partial charge is 0.364 e. The molecular weight excluding hydrogens is 188 g/mol. The number of rotatable bonds is 2. The Labute approximate surface area is 89.5 Å². The van der Waals surface area contributed by atoms with Crippen LogP contribution >= 0.6 is 0 Å². The first-order chi connectivity index (χ1) is 7.42. The Morgan fingerprint density at radius 3 is 3.27 bits per heavy atom. The van der Waals surface area contributed by atoms with Crippen molar-refractivity contribution in [2.45, 2.75) is 37.8 Å². The third-order valence-electron chi connectivity index (χ3n) is 3.56. The quantitative estimate of drug-likeness (QED) is 0.802. The molecule has 2 saturated heterocycles. The van der Waals surface area contributed by atoms with Gasteiger partial charge in [0.05, 0.1) is 0 Å². The van der Waals surface area contributed by atoms with Crippen LogP contribution in [0.2, 0.25) is 0 Å². The van der Waals surface area contributed by atoms with Crippen LogP contribution in [0.5, 0.6) is 0 Å². The zero-order chi connectivity index (χ0) is 10.1. The molecule has 0 aromatic carbocycles. The molecule has 3 heterocycles. The van der Waals surface area contributed by atoms with E-state index in [9.17, 15) is 0 Å². The van der Waals surface area contributed by atoms with Gasteiger partial charge in [0.2, 0.25) is 0 Å². The molecule has 3 unspecified atom stereocenters. The highest BCUT2D eigenvalue weighted by Crippen LogP contribution is 2.32. The van der Waals surface area contributed by atoms with E-state index < -0.39 is 0 Å². The Balaban J connectivity index is 1.68. The van der Waals surface area contributed by atoms with Crippen LogP contribution in [-0.2, 0) is 0 Å². The highest BCUT2D eigenvalue weighted by Gasteiger charge is 2.34. The fraction of sp³-hybridized carbons (Fsp3) is 0.583. The second-order valence-corrected chi connectivity index (χ2v) is 4.58. The predicted octanol–water partition coefficient (Wildman–Crippen LogP) is 2.22. The zero-order valence-electron chi connectivity index (χ0n) is 8.73. The van der Waals surface area contributed by atoms with Crippen molar-refractivity contribution in [2.24, 2.45) is 5.92 Å². The number of fused-ring (bicyclic) bond motifs is 2. The van der Waals surface area contributed by atoms with Crippen LogP contribution in [0.4, 0.5) is 0 Å². The lowest BCUT2D eigenvalue weighted by molar-refractivity contribution is 0.393. The summed E-state index contributed by atoms with van der Waals surface area (Å²) in [6, 6.07) is 3.35. The molecule has 1 aromatic rings. The van der Waals surface area contributed by atoms with E-state index >= 15 is 0 Å². The number of nitrogens with zero attached hydrogens (tertiary/aromatic N) is 1. The molecule has 3 heteroatoms. The van der Waals surface area contributed by atoms with Crippen LogP contribution in [0.3, 0.4) is 0 Å². The average Bonchev–Trinajstić information content (AvgIpc) is 2.85. The summed E-state index contributed by atoms with van der Waals surface area (Å²) in [5, 5.41) is 7.56. The number of piperidine rings is 1. The summed E-state index contributed by atoms with van der Waals surface area (Å²) < 4.78 is 4.80. The summed E-state index contributed by atoms with van der Waals surface area (Å²) in [7, 11) is 0. The van der Waals surface area contributed by atoms with E-state index in [4.69, 9.17) is 4.52 Å². The third kappa shape index (κ3) is 1.84. The van der Waals surface area contributed by atoms with Crippen molar-refractivity contribution in [3.05, 3.63) is 24.1 Å². The van der Waals surface area contributed by atoms with Gasteiger partial charge < -0.3 is 9.84 Å². The van der Waals surface area contributed by atoms with Crippen molar-refractivity contribution in [3.63, 3.8) is 0 Å². The molecule has 1 aromatic heterocycles. The highest BCUT2D eigenvalue weighted by atomic mass is 16.5. The lowest BCUT2D eigenvalue weighted by Crippen LogP contribution is -2.35. The minimum Gasteiger partial charge on any atom is -0.364 e. The number of nitrogens with one attached hydrogen (secondary N) is 1. The van der Waals surface area contributed by atoms with Gasteiger partial charge in [-0.05, 0) is 31.3 Å². The van der Waals surface area contributed by atoms with Crippen molar-refractivity contribution in [2.75, 3.05) is 0 Å². The molecule has 0 spiro atoms. The van der Waals surface area contributed by atoms with E-state index in [0.717, 1.165) is 11.7 Å². The maximum atomic E-state index is 4.80. The second-order valence-electron chi connectivity index (χ2n) is 4.58. The maximum Gasteiger partial charge on any atom is 0.124 e. The van der Waals surface area contributed by atoms with E-state index in [1.165, 1.54) is 25.7 Å². The second kappa shape index (κ2) is 3.81. The average molecular weight is 204 g/mol. The van der Waals surface area contributed by atoms with E-state index in [1.54, 1.807) is 6.26 Å². The Kier molecular flexibility index (Phi) is 2.33.